The zero-order chi connectivity index (χ0) is 22.6. The van der Waals surface area contributed by atoms with Crippen LogP contribution in [0, 0.1) is 5.82 Å². The van der Waals surface area contributed by atoms with Gasteiger partial charge in [-0.3, -0.25) is 4.79 Å². The molecular formula is C23H21FN2O5S. The molecule has 166 valence electrons. The molecule has 1 amide bonds. The van der Waals surface area contributed by atoms with E-state index in [9.17, 15) is 17.6 Å². The number of hydrogen-bond donors (Lipinski definition) is 1. The van der Waals surface area contributed by atoms with Crippen LogP contribution in [0.4, 0.5) is 10.1 Å². The maximum absolute atomic E-state index is 14.4. The average molecular weight is 456 g/mol. The van der Waals surface area contributed by atoms with Gasteiger partial charge in [0, 0.05) is 30.4 Å². The summed E-state index contributed by atoms with van der Waals surface area (Å²) in [7, 11) is -4.08. The number of carbonyl (C=O) groups excluding carboxylic acids is 1. The number of sulfonamides is 1. The van der Waals surface area contributed by atoms with E-state index in [1.165, 1.54) is 6.07 Å². The Morgan fingerprint density at radius 2 is 1.66 bits per heavy atom. The molecule has 0 atom stereocenters. The molecule has 1 N–H and O–H groups in total. The van der Waals surface area contributed by atoms with E-state index in [1.54, 1.807) is 36.4 Å². The molecule has 1 heterocycles. The van der Waals surface area contributed by atoms with Gasteiger partial charge in [-0.25, -0.2) is 12.8 Å². The van der Waals surface area contributed by atoms with Crippen LogP contribution in [0.5, 0.6) is 11.5 Å². The summed E-state index contributed by atoms with van der Waals surface area (Å²) in [6, 6.07) is 19.2. The highest BCUT2D eigenvalue weighted by Crippen LogP contribution is 2.25. The first kappa shape index (κ1) is 21.9. The maximum Gasteiger partial charge on any atom is 0.255 e. The minimum atomic E-state index is -4.08. The molecule has 9 heteroatoms. The van der Waals surface area contributed by atoms with Crippen molar-refractivity contribution in [3.05, 3.63) is 84.2 Å². The molecule has 32 heavy (non-hydrogen) atoms. The van der Waals surface area contributed by atoms with Gasteiger partial charge in [0.15, 0.2) is 0 Å². The Labute approximate surface area is 185 Å². The van der Waals surface area contributed by atoms with E-state index in [2.05, 4.69) is 5.32 Å². The second-order valence-electron chi connectivity index (χ2n) is 7.06. The number of para-hydroxylation sites is 1. The van der Waals surface area contributed by atoms with Gasteiger partial charge in [0.25, 0.3) is 5.91 Å². The summed E-state index contributed by atoms with van der Waals surface area (Å²) in [5.41, 5.74) is 0.470. The van der Waals surface area contributed by atoms with Gasteiger partial charge in [0.2, 0.25) is 10.0 Å². The lowest BCUT2D eigenvalue weighted by Gasteiger charge is -2.26. The van der Waals surface area contributed by atoms with Crippen molar-refractivity contribution in [2.45, 2.75) is 4.90 Å². The molecule has 4 rings (SSSR count). The zero-order valence-corrected chi connectivity index (χ0v) is 17.8. The van der Waals surface area contributed by atoms with Gasteiger partial charge in [-0.2, -0.15) is 4.31 Å². The molecule has 0 spiro atoms. The van der Waals surface area contributed by atoms with E-state index in [0.29, 0.717) is 17.2 Å². The molecule has 0 radical (unpaired) electrons. The van der Waals surface area contributed by atoms with Crippen molar-refractivity contribution in [3.63, 3.8) is 0 Å². The number of rotatable bonds is 6. The SMILES string of the molecule is O=C(Nc1cccc(Oc2ccccc2)c1)c1ccc(F)c(S(=O)(=O)N2CCOCC2)c1. The van der Waals surface area contributed by atoms with E-state index in [4.69, 9.17) is 9.47 Å². The second-order valence-corrected chi connectivity index (χ2v) is 8.97. The summed E-state index contributed by atoms with van der Waals surface area (Å²) >= 11 is 0. The van der Waals surface area contributed by atoms with Crippen LogP contribution in [0.1, 0.15) is 10.4 Å². The topological polar surface area (TPSA) is 84.9 Å². The third-order valence-corrected chi connectivity index (χ3v) is 6.77. The maximum atomic E-state index is 14.4. The molecule has 3 aromatic rings. The van der Waals surface area contributed by atoms with E-state index < -0.39 is 26.6 Å². The van der Waals surface area contributed by atoms with Gasteiger partial charge >= 0.3 is 0 Å². The van der Waals surface area contributed by atoms with Crippen molar-refractivity contribution >= 4 is 21.6 Å². The third-order valence-electron chi connectivity index (χ3n) is 4.85. The van der Waals surface area contributed by atoms with Crippen LogP contribution < -0.4 is 10.1 Å². The van der Waals surface area contributed by atoms with Crippen LogP contribution in [0.2, 0.25) is 0 Å². The van der Waals surface area contributed by atoms with Crippen molar-refractivity contribution in [2.24, 2.45) is 0 Å². The smallest absolute Gasteiger partial charge is 0.255 e. The molecule has 1 aliphatic heterocycles. The van der Waals surface area contributed by atoms with Crippen LogP contribution in [0.3, 0.4) is 0 Å². The predicted molar refractivity (Wildman–Crippen MR) is 117 cm³/mol. The number of morpholine rings is 1. The standard InChI is InChI=1S/C23H21FN2O5S/c24-21-10-9-17(15-22(21)32(28,29)26-11-13-30-14-12-26)23(27)25-18-5-4-8-20(16-18)31-19-6-2-1-3-7-19/h1-10,15-16H,11-14H2,(H,25,27). The first-order valence-corrected chi connectivity index (χ1v) is 11.4. The molecule has 0 aromatic heterocycles. The number of benzene rings is 3. The summed E-state index contributed by atoms with van der Waals surface area (Å²) in [5, 5.41) is 2.69. The summed E-state index contributed by atoms with van der Waals surface area (Å²) < 4.78 is 52.1. The summed E-state index contributed by atoms with van der Waals surface area (Å²) in [6.07, 6.45) is 0. The van der Waals surface area contributed by atoms with Gasteiger partial charge < -0.3 is 14.8 Å². The quantitative estimate of drug-likeness (QED) is 0.608. The normalized spacial score (nSPS) is 14.7. The molecule has 7 nitrogen and oxygen atoms in total. The molecule has 1 aliphatic rings. The molecule has 0 aliphatic carbocycles. The van der Waals surface area contributed by atoms with Gasteiger partial charge in [-0.05, 0) is 42.5 Å². The number of anilines is 1. The summed E-state index contributed by atoms with van der Waals surface area (Å²) in [5.74, 6) is -0.317. The highest BCUT2D eigenvalue weighted by Gasteiger charge is 2.29. The molecule has 3 aromatic carbocycles. The van der Waals surface area contributed by atoms with Crippen LogP contribution in [-0.4, -0.2) is 44.9 Å². The minimum Gasteiger partial charge on any atom is -0.457 e. The van der Waals surface area contributed by atoms with E-state index in [1.807, 2.05) is 18.2 Å². The fraction of sp³-hybridized carbons (Fsp3) is 0.174. The van der Waals surface area contributed by atoms with Crippen LogP contribution >= 0.6 is 0 Å². The van der Waals surface area contributed by atoms with E-state index >= 15 is 0 Å². The number of nitrogens with one attached hydrogen (secondary N) is 1. The Hall–Kier alpha value is -3.27. The molecule has 1 saturated heterocycles. The third kappa shape index (κ3) is 4.96. The van der Waals surface area contributed by atoms with Crippen LogP contribution in [-0.2, 0) is 14.8 Å². The van der Waals surface area contributed by atoms with Crippen molar-refractivity contribution in [3.8, 4) is 11.5 Å². The first-order chi connectivity index (χ1) is 15.4. The van der Waals surface area contributed by atoms with E-state index in [-0.39, 0.29) is 31.9 Å². The fourth-order valence-electron chi connectivity index (χ4n) is 3.23. The Kier molecular flexibility index (Phi) is 6.50. The lowest BCUT2D eigenvalue weighted by molar-refractivity contribution is 0.0729. The summed E-state index contributed by atoms with van der Waals surface area (Å²) in [6.45, 7) is 0.740. The predicted octanol–water partition coefficient (Wildman–Crippen LogP) is 3.89. The highest BCUT2D eigenvalue weighted by molar-refractivity contribution is 7.89. The minimum absolute atomic E-state index is 0.0209. The van der Waals surface area contributed by atoms with Crippen molar-refractivity contribution in [2.75, 3.05) is 31.6 Å². The lowest BCUT2D eigenvalue weighted by atomic mass is 10.2. The molecule has 0 bridgehead atoms. The monoisotopic (exact) mass is 456 g/mol. The second kappa shape index (κ2) is 9.47. The van der Waals surface area contributed by atoms with Gasteiger partial charge in [0.05, 0.1) is 13.2 Å². The average Bonchev–Trinajstić information content (AvgIpc) is 2.80. The van der Waals surface area contributed by atoms with Crippen LogP contribution in [0.15, 0.2) is 77.7 Å². The highest BCUT2D eigenvalue weighted by atomic mass is 32.2. The first-order valence-electron chi connectivity index (χ1n) is 9.95. The number of halogens is 1. The van der Waals surface area contributed by atoms with Crippen molar-refractivity contribution in [1.29, 1.82) is 0 Å². The molecule has 0 saturated carbocycles. The molecule has 1 fully saturated rings. The number of carbonyl (C=O) groups is 1. The van der Waals surface area contributed by atoms with Gasteiger partial charge in [-0.1, -0.05) is 24.3 Å². The number of amides is 1. The number of ether oxygens (including phenoxy) is 2. The molecule has 0 unspecified atom stereocenters. The number of nitrogens with zero attached hydrogens (tertiary/aromatic N) is 1. The lowest BCUT2D eigenvalue weighted by Crippen LogP contribution is -2.41. The Bertz CT molecular complexity index is 1210. The van der Waals surface area contributed by atoms with Crippen molar-refractivity contribution < 1.29 is 27.1 Å². The van der Waals surface area contributed by atoms with E-state index in [0.717, 1.165) is 16.4 Å². The largest absolute Gasteiger partial charge is 0.457 e. The Morgan fingerprint density at radius 3 is 2.41 bits per heavy atom. The van der Waals surface area contributed by atoms with Crippen LogP contribution in [0.25, 0.3) is 0 Å². The van der Waals surface area contributed by atoms with Crippen molar-refractivity contribution in [1.82, 2.24) is 4.31 Å². The summed E-state index contributed by atoms with van der Waals surface area (Å²) in [4.78, 5) is 12.2. The fourth-order valence-corrected chi connectivity index (χ4v) is 4.73. The zero-order valence-electron chi connectivity index (χ0n) is 17.0. The Balaban J connectivity index is 1.53. The number of hydrogen-bond acceptors (Lipinski definition) is 5. The molecular weight excluding hydrogens is 435 g/mol. The van der Waals surface area contributed by atoms with Gasteiger partial charge in [0.1, 0.15) is 22.2 Å². The Morgan fingerprint density at radius 1 is 0.938 bits per heavy atom. The van der Waals surface area contributed by atoms with Gasteiger partial charge in [-0.15, -0.1) is 0 Å².